The number of benzene rings is 7. The van der Waals surface area contributed by atoms with Crippen molar-refractivity contribution in [2.75, 3.05) is 0 Å². The Balaban J connectivity index is 1.18. The highest BCUT2D eigenvalue weighted by atomic mass is 16.3. The van der Waals surface area contributed by atoms with Crippen molar-refractivity contribution in [3.63, 3.8) is 0 Å². The Bertz CT molecular complexity index is 2860. The molecule has 0 unspecified atom stereocenters. The molecule has 10 aromatic rings. The van der Waals surface area contributed by atoms with Gasteiger partial charge in [-0.25, -0.2) is 15.0 Å². The third-order valence-electron chi connectivity index (χ3n) is 9.16. The van der Waals surface area contributed by atoms with E-state index in [-0.39, 0.29) is 0 Å². The molecule has 0 aliphatic carbocycles. The summed E-state index contributed by atoms with van der Waals surface area (Å²) in [5, 5.41) is 11.8. The first kappa shape index (κ1) is 25.8. The Kier molecular flexibility index (Phi) is 5.51. The average Bonchev–Trinajstić information content (AvgIpc) is 3.51. The lowest BCUT2D eigenvalue weighted by atomic mass is 9.93. The van der Waals surface area contributed by atoms with Crippen LogP contribution >= 0.6 is 0 Å². The van der Waals surface area contributed by atoms with Crippen LogP contribution < -0.4 is 0 Å². The zero-order valence-electron chi connectivity index (χ0n) is 25.1. The molecule has 47 heavy (non-hydrogen) atoms. The third kappa shape index (κ3) is 4.10. The van der Waals surface area contributed by atoms with Gasteiger partial charge in [0, 0.05) is 39.9 Å². The Labute approximate surface area is 268 Å². The van der Waals surface area contributed by atoms with Crippen molar-refractivity contribution < 1.29 is 4.42 Å². The summed E-state index contributed by atoms with van der Waals surface area (Å²) < 4.78 is 6.58. The molecule has 10 rings (SSSR count). The molecular weight excluding hydrogens is 576 g/mol. The van der Waals surface area contributed by atoms with Gasteiger partial charge < -0.3 is 4.42 Å². The first-order chi connectivity index (χ1) is 23.3. The van der Waals surface area contributed by atoms with Crippen LogP contribution in [0.3, 0.4) is 0 Å². The van der Waals surface area contributed by atoms with E-state index < -0.39 is 0 Å². The minimum absolute atomic E-state index is 0.570. The van der Waals surface area contributed by atoms with Gasteiger partial charge in [0.1, 0.15) is 11.2 Å². The largest absolute Gasteiger partial charge is 0.456 e. The van der Waals surface area contributed by atoms with Gasteiger partial charge in [-0.05, 0) is 85.6 Å². The van der Waals surface area contributed by atoms with Crippen LogP contribution in [0, 0.1) is 0 Å². The van der Waals surface area contributed by atoms with E-state index in [1.165, 1.54) is 37.7 Å². The number of aromatic nitrogens is 4. The zero-order chi connectivity index (χ0) is 30.9. The second-order valence-electron chi connectivity index (χ2n) is 11.9. The molecule has 0 saturated heterocycles. The molecule has 0 aliphatic heterocycles. The van der Waals surface area contributed by atoms with Crippen LogP contribution in [0.4, 0.5) is 0 Å². The summed E-state index contributed by atoms with van der Waals surface area (Å²) in [6.07, 6.45) is 3.53. The summed E-state index contributed by atoms with van der Waals surface area (Å²) in [6.45, 7) is 0. The summed E-state index contributed by atoms with van der Waals surface area (Å²) in [5.41, 5.74) is 4.25. The molecule has 0 spiro atoms. The fourth-order valence-electron chi connectivity index (χ4n) is 6.90. The normalized spacial score (nSPS) is 11.8. The van der Waals surface area contributed by atoms with Crippen LogP contribution in [0.25, 0.3) is 99.2 Å². The number of rotatable bonds is 3. The van der Waals surface area contributed by atoms with Crippen molar-refractivity contribution in [1.29, 1.82) is 0 Å². The average molecular weight is 601 g/mol. The van der Waals surface area contributed by atoms with E-state index in [0.29, 0.717) is 17.5 Å². The molecule has 0 saturated carbocycles. The number of hydrogen-bond donors (Lipinski definition) is 0. The molecule has 5 nitrogen and oxygen atoms in total. The molecule has 7 aromatic carbocycles. The molecule has 0 aliphatic rings. The Hall–Kier alpha value is -6.46. The maximum atomic E-state index is 6.58. The second-order valence-corrected chi connectivity index (χ2v) is 11.9. The minimum atomic E-state index is 0.570. The lowest BCUT2D eigenvalue weighted by Gasteiger charge is -2.10. The van der Waals surface area contributed by atoms with Gasteiger partial charge in [0.15, 0.2) is 17.5 Å². The fourth-order valence-corrected chi connectivity index (χ4v) is 6.90. The number of hydrogen-bond acceptors (Lipinski definition) is 5. The smallest absolute Gasteiger partial charge is 0.165 e. The third-order valence-corrected chi connectivity index (χ3v) is 9.16. The number of fused-ring (bicyclic) bond motifs is 10. The molecule has 3 aromatic heterocycles. The highest BCUT2D eigenvalue weighted by Crippen LogP contribution is 2.40. The van der Waals surface area contributed by atoms with Crippen LogP contribution in [-0.4, -0.2) is 19.9 Å². The van der Waals surface area contributed by atoms with Gasteiger partial charge in [-0.2, -0.15) is 0 Å². The molecule has 0 fully saturated rings. The van der Waals surface area contributed by atoms with Gasteiger partial charge in [0.2, 0.25) is 0 Å². The van der Waals surface area contributed by atoms with Crippen molar-refractivity contribution in [1.82, 2.24) is 19.9 Å². The molecule has 0 amide bonds. The van der Waals surface area contributed by atoms with E-state index in [9.17, 15) is 0 Å². The van der Waals surface area contributed by atoms with Crippen molar-refractivity contribution in [3.05, 3.63) is 146 Å². The topological polar surface area (TPSA) is 64.7 Å². The maximum absolute atomic E-state index is 6.58. The fraction of sp³-hybridized carbons (Fsp3) is 0. The van der Waals surface area contributed by atoms with Crippen LogP contribution in [0.15, 0.2) is 150 Å². The highest BCUT2D eigenvalue weighted by Gasteiger charge is 2.17. The molecule has 0 bridgehead atoms. The summed E-state index contributed by atoms with van der Waals surface area (Å²) in [4.78, 5) is 19.1. The molecular formula is C42H24N4O. The van der Waals surface area contributed by atoms with Crippen molar-refractivity contribution in [3.8, 4) is 34.2 Å². The van der Waals surface area contributed by atoms with E-state index in [4.69, 9.17) is 19.4 Å². The van der Waals surface area contributed by atoms with Crippen molar-refractivity contribution in [2.45, 2.75) is 0 Å². The predicted octanol–water partition coefficient (Wildman–Crippen LogP) is 10.8. The maximum Gasteiger partial charge on any atom is 0.165 e. The molecule has 218 valence electrons. The minimum Gasteiger partial charge on any atom is -0.456 e. The van der Waals surface area contributed by atoms with Gasteiger partial charge in [0.25, 0.3) is 0 Å². The lowest BCUT2D eigenvalue weighted by molar-refractivity contribution is 0.669. The number of nitrogens with zero attached hydrogens (tertiary/aromatic N) is 4. The Morgan fingerprint density at radius 2 is 0.936 bits per heavy atom. The molecule has 5 heteroatoms. The van der Waals surface area contributed by atoms with Gasteiger partial charge in [0.05, 0.1) is 0 Å². The lowest BCUT2D eigenvalue weighted by Crippen LogP contribution is -2.00. The SMILES string of the molecule is c1cncc(-c2nc(-c3ccc4ccccc4c3)nc(-c3ccc4c(c3)oc3cc5c6ccccc6c6ccccc6c5cc34)n2)c1. The van der Waals surface area contributed by atoms with Crippen LogP contribution in [-0.2, 0) is 0 Å². The van der Waals surface area contributed by atoms with Crippen LogP contribution in [0.5, 0.6) is 0 Å². The van der Waals surface area contributed by atoms with E-state index in [1.54, 1.807) is 12.4 Å². The highest BCUT2D eigenvalue weighted by molar-refractivity contribution is 6.28. The zero-order valence-corrected chi connectivity index (χ0v) is 25.1. The standard InChI is InChI=1S/C42H24N4O/c1-2-9-26-20-27(16-15-25(26)8-1)40-44-41(46-42(45-40)29-10-7-19-43-24-29)28-17-18-34-37-22-35-32-13-5-3-11-30(32)31-12-4-6-14-33(31)36(35)23-39(37)47-38(34)21-28/h1-24H. The predicted molar refractivity (Wildman–Crippen MR) is 191 cm³/mol. The van der Waals surface area contributed by atoms with Gasteiger partial charge in [-0.15, -0.1) is 0 Å². The number of pyridine rings is 1. The van der Waals surface area contributed by atoms with Crippen molar-refractivity contribution >= 4 is 65.0 Å². The summed E-state index contributed by atoms with van der Waals surface area (Å²) in [7, 11) is 0. The van der Waals surface area contributed by atoms with Gasteiger partial charge in [-0.1, -0.05) is 91.0 Å². The number of furan rings is 1. The summed E-state index contributed by atoms with van der Waals surface area (Å²) in [6, 6.07) is 46.4. The van der Waals surface area contributed by atoms with Gasteiger partial charge >= 0.3 is 0 Å². The molecule has 0 atom stereocenters. The monoisotopic (exact) mass is 600 g/mol. The quantitative estimate of drug-likeness (QED) is 0.189. The van der Waals surface area contributed by atoms with Crippen molar-refractivity contribution in [2.24, 2.45) is 0 Å². The first-order valence-electron chi connectivity index (χ1n) is 15.6. The molecule has 0 N–H and O–H groups in total. The van der Waals surface area contributed by atoms with Gasteiger partial charge in [-0.3, -0.25) is 4.98 Å². The van der Waals surface area contributed by atoms with Crippen LogP contribution in [0.1, 0.15) is 0 Å². The first-order valence-corrected chi connectivity index (χ1v) is 15.6. The van der Waals surface area contributed by atoms with E-state index >= 15 is 0 Å². The van der Waals surface area contributed by atoms with Crippen LogP contribution in [0.2, 0.25) is 0 Å². The summed E-state index contributed by atoms with van der Waals surface area (Å²) >= 11 is 0. The Morgan fingerprint density at radius 1 is 0.362 bits per heavy atom. The van der Waals surface area contributed by atoms with E-state index in [0.717, 1.165) is 44.0 Å². The molecule has 3 heterocycles. The van der Waals surface area contributed by atoms with E-state index in [2.05, 4.69) is 108 Å². The summed E-state index contributed by atoms with van der Waals surface area (Å²) in [5.74, 6) is 1.75. The second kappa shape index (κ2) is 10.0. The Morgan fingerprint density at radius 3 is 1.64 bits per heavy atom. The molecule has 0 radical (unpaired) electrons. The van der Waals surface area contributed by atoms with E-state index in [1.807, 2.05) is 30.3 Å².